The number of aryl methyl sites for hydroxylation is 1. The van der Waals surface area contributed by atoms with Crippen molar-refractivity contribution >= 4 is 0 Å². The van der Waals surface area contributed by atoms with Gasteiger partial charge in [-0.25, -0.2) is 4.98 Å². The number of ether oxygens (including phenoxy) is 1. The summed E-state index contributed by atoms with van der Waals surface area (Å²) < 4.78 is 5.42. The summed E-state index contributed by atoms with van der Waals surface area (Å²) in [6.45, 7) is 3.64. The summed E-state index contributed by atoms with van der Waals surface area (Å²) in [6.07, 6.45) is 2.41. The number of nitrogens with one attached hydrogen (secondary N) is 1. The highest BCUT2D eigenvalue weighted by atomic mass is 16.5. The third-order valence-corrected chi connectivity index (χ3v) is 3.36. The Morgan fingerprint density at radius 1 is 1.41 bits per heavy atom. The maximum absolute atomic E-state index is 5.42. The highest BCUT2D eigenvalue weighted by molar-refractivity contribution is 5.32. The molecule has 0 bridgehead atoms. The molecule has 1 saturated heterocycles. The summed E-state index contributed by atoms with van der Waals surface area (Å²) in [5, 5.41) is 6.83. The minimum Gasteiger partial charge on any atom is -0.379 e. The summed E-state index contributed by atoms with van der Waals surface area (Å²) in [5.41, 5.74) is 2.69. The van der Waals surface area contributed by atoms with E-state index in [2.05, 4.69) is 46.4 Å². The zero-order chi connectivity index (χ0) is 11.7. The fourth-order valence-corrected chi connectivity index (χ4v) is 2.33. The monoisotopic (exact) mass is 229 g/mol. The third kappa shape index (κ3) is 1.85. The van der Waals surface area contributed by atoms with Crippen molar-refractivity contribution in [3.8, 4) is 0 Å². The predicted octanol–water partition coefficient (Wildman–Crippen LogP) is 1.62. The first kappa shape index (κ1) is 10.5. The molecular formula is C13H15N3O. The van der Waals surface area contributed by atoms with Crippen molar-refractivity contribution in [3.63, 3.8) is 0 Å². The molecule has 2 aromatic rings. The van der Waals surface area contributed by atoms with Crippen LogP contribution in [-0.4, -0.2) is 28.4 Å². The average Bonchev–Trinajstić information content (AvgIpc) is 2.76. The van der Waals surface area contributed by atoms with E-state index in [9.17, 15) is 0 Å². The van der Waals surface area contributed by atoms with Crippen molar-refractivity contribution in [3.05, 3.63) is 47.5 Å². The fourth-order valence-electron chi connectivity index (χ4n) is 2.33. The van der Waals surface area contributed by atoms with Crippen LogP contribution in [0.4, 0.5) is 0 Å². The van der Waals surface area contributed by atoms with Crippen LogP contribution >= 0.6 is 0 Å². The number of nitrogens with zero attached hydrogens (tertiary/aromatic N) is 2. The second kappa shape index (κ2) is 3.96. The number of aromatic amines is 1. The minimum atomic E-state index is 0.0750. The van der Waals surface area contributed by atoms with Crippen LogP contribution in [0.1, 0.15) is 17.0 Å². The van der Waals surface area contributed by atoms with Gasteiger partial charge in [0.25, 0.3) is 0 Å². The summed E-state index contributed by atoms with van der Waals surface area (Å²) in [6, 6.07) is 8.63. The van der Waals surface area contributed by atoms with Crippen molar-refractivity contribution in [2.24, 2.45) is 0 Å². The Morgan fingerprint density at radius 2 is 2.29 bits per heavy atom. The van der Waals surface area contributed by atoms with Crippen molar-refractivity contribution in [2.45, 2.75) is 18.8 Å². The van der Waals surface area contributed by atoms with E-state index in [1.807, 2.05) is 0 Å². The second-order valence-corrected chi connectivity index (χ2v) is 4.75. The molecular weight excluding hydrogens is 214 g/mol. The van der Waals surface area contributed by atoms with Crippen LogP contribution in [0.15, 0.2) is 30.6 Å². The molecule has 2 heterocycles. The molecule has 1 aliphatic rings. The van der Waals surface area contributed by atoms with Gasteiger partial charge < -0.3 is 4.74 Å². The number of aromatic nitrogens is 3. The summed E-state index contributed by atoms with van der Waals surface area (Å²) in [4.78, 5) is 4.21. The molecule has 1 aliphatic heterocycles. The van der Waals surface area contributed by atoms with Crippen LogP contribution in [0.5, 0.6) is 0 Å². The molecule has 88 valence electrons. The lowest BCUT2D eigenvalue weighted by atomic mass is 9.75. The molecule has 3 rings (SSSR count). The number of benzene rings is 1. The maximum atomic E-state index is 5.42. The van der Waals surface area contributed by atoms with Gasteiger partial charge in [-0.15, -0.1) is 0 Å². The molecule has 1 N–H and O–H groups in total. The van der Waals surface area contributed by atoms with Gasteiger partial charge in [0, 0.05) is 11.8 Å². The van der Waals surface area contributed by atoms with Gasteiger partial charge in [-0.05, 0) is 12.5 Å². The topological polar surface area (TPSA) is 50.8 Å². The Morgan fingerprint density at radius 3 is 2.88 bits per heavy atom. The Hall–Kier alpha value is -1.68. The molecule has 0 amide bonds. The van der Waals surface area contributed by atoms with Crippen LogP contribution in [0.3, 0.4) is 0 Å². The molecule has 0 radical (unpaired) electrons. The van der Waals surface area contributed by atoms with Crippen LogP contribution < -0.4 is 0 Å². The smallest absolute Gasteiger partial charge is 0.137 e. The van der Waals surface area contributed by atoms with Gasteiger partial charge in [-0.3, -0.25) is 5.10 Å². The molecule has 1 aromatic heterocycles. The Kier molecular flexibility index (Phi) is 2.44. The predicted molar refractivity (Wildman–Crippen MR) is 63.8 cm³/mol. The van der Waals surface area contributed by atoms with Crippen molar-refractivity contribution < 1.29 is 4.74 Å². The molecule has 0 unspecified atom stereocenters. The normalized spacial score (nSPS) is 17.7. The Labute approximate surface area is 100 Å². The van der Waals surface area contributed by atoms with E-state index in [0.29, 0.717) is 0 Å². The zero-order valence-corrected chi connectivity index (χ0v) is 9.81. The number of rotatable bonds is 3. The summed E-state index contributed by atoms with van der Waals surface area (Å²) >= 11 is 0. The van der Waals surface area contributed by atoms with E-state index >= 15 is 0 Å². The first-order valence-electron chi connectivity index (χ1n) is 5.78. The summed E-state index contributed by atoms with van der Waals surface area (Å²) in [5.74, 6) is 0.926. The van der Waals surface area contributed by atoms with E-state index in [-0.39, 0.29) is 5.41 Å². The molecule has 0 atom stereocenters. The first-order valence-corrected chi connectivity index (χ1v) is 5.78. The van der Waals surface area contributed by atoms with E-state index in [1.165, 1.54) is 11.1 Å². The van der Waals surface area contributed by atoms with Crippen LogP contribution in [0.2, 0.25) is 0 Å². The number of H-pyrrole nitrogens is 1. The summed E-state index contributed by atoms with van der Waals surface area (Å²) in [7, 11) is 0. The molecule has 0 spiro atoms. The van der Waals surface area contributed by atoms with E-state index in [4.69, 9.17) is 4.74 Å². The molecule has 17 heavy (non-hydrogen) atoms. The zero-order valence-electron chi connectivity index (χ0n) is 9.81. The Bertz CT molecular complexity index is 503. The van der Waals surface area contributed by atoms with Crippen LogP contribution in [0, 0.1) is 6.92 Å². The van der Waals surface area contributed by atoms with Gasteiger partial charge in [-0.1, -0.05) is 29.8 Å². The highest BCUT2D eigenvalue weighted by Crippen LogP contribution is 2.35. The molecule has 1 aromatic carbocycles. The highest BCUT2D eigenvalue weighted by Gasteiger charge is 2.41. The van der Waals surface area contributed by atoms with Crippen LogP contribution in [-0.2, 0) is 16.6 Å². The Balaban J connectivity index is 1.92. The van der Waals surface area contributed by atoms with Crippen molar-refractivity contribution in [1.82, 2.24) is 15.2 Å². The third-order valence-electron chi connectivity index (χ3n) is 3.36. The van der Waals surface area contributed by atoms with Gasteiger partial charge in [0.2, 0.25) is 0 Å². The molecule has 0 aliphatic carbocycles. The van der Waals surface area contributed by atoms with E-state index in [1.54, 1.807) is 6.33 Å². The van der Waals surface area contributed by atoms with Gasteiger partial charge in [0.1, 0.15) is 12.2 Å². The number of hydrogen-bond acceptors (Lipinski definition) is 3. The average molecular weight is 229 g/mol. The lowest BCUT2D eigenvalue weighted by Crippen LogP contribution is -2.48. The first-order chi connectivity index (χ1) is 8.28. The van der Waals surface area contributed by atoms with E-state index < -0.39 is 0 Å². The van der Waals surface area contributed by atoms with Gasteiger partial charge in [-0.2, -0.15) is 5.10 Å². The largest absolute Gasteiger partial charge is 0.379 e. The van der Waals surface area contributed by atoms with Gasteiger partial charge >= 0.3 is 0 Å². The van der Waals surface area contributed by atoms with Gasteiger partial charge in [0.15, 0.2) is 0 Å². The maximum Gasteiger partial charge on any atom is 0.137 e. The SMILES string of the molecule is Cc1cccc(C2(Cc3ncn[nH]3)COC2)c1. The molecule has 4 heteroatoms. The molecule has 4 nitrogen and oxygen atoms in total. The molecule has 0 saturated carbocycles. The molecule has 1 fully saturated rings. The fraction of sp³-hybridized carbons (Fsp3) is 0.385. The minimum absolute atomic E-state index is 0.0750. The van der Waals surface area contributed by atoms with Crippen LogP contribution in [0.25, 0.3) is 0 Å². The standard InChI is InChI=1S/C13H15N3O/c1-10-3-2-4-11(5-10)13(7-17-8-13)6-12-14-9-15-16-12/h2-5,9H,6-8H2,1H3,(H,14,15,16). The second-order valence-electron chi connectivity index (χ2n) is 4.75. The number of hydrogen-bond donors (Lipinski definition) is 1. The van der Waals surface area contributed by atoms with E-state index in [0.717, 1.165) is 25.5 Å². The lowest BCUT2D eigenvalue weighted by molar-refractivity contribution is -0.0608. The van der Waals surface area contributed by atoms with Crippen molar-refractivity contribution in [1.29, 1.82) is 0 Å². The van der Waals surface area contributed by atoms with Gasteiger partial charge in [0.05, 0.1) is 13.2 Å². The quantitative estimate of drug-likeness (QED) is 0.870. The lowest BCUT2D eigenvalue weighted by Gasteiger charge is -2.41. The van der Waals surface area contributed by atoms with Crippen molar-refractivity contribution in [2.75, 3.05) is 13.2 Å².